The molecule has 0 aromatic rings. The fraction of sp³-hybridized carbons (Fsp3) is 1.00. The van der Waals surface area contributed by atoms with Crippen molar-refractivity contribution in [1.82, 2.24) is 69.1 Å². The molecule has 12 rings (SSSR count). The summed E-state index contributed by atoms with van der Waals surface area (Å²) in [6.45, 7) is 35.9. The number of rotatable bonds is 0. The number of thioether (sulfide) groups is 1. The van der Waals surface area contributed by atoms with Gasteiger partial charge in [0.25, 0.3) is 0 Å². The highest BCUT2D eigenvalue weighted by atomic mass is 32.2. The van der Waals surface area contributed by atoms with Crippen LogP contribution in [0.25, 0.3) is 0 Å². The summed E-state index contributed by atoms with van der Waals surface area (Å²) >= 11 is 1.96. The van der Waals surface area contributed by atoms with E-state index in [1.54, 1.807) is 0 Å². The minimum Gasteiger partial charge on any atom is -0.380 e. The third-order valence-corrected chi connectivity index (χ3v) is 15.3. The molecule has 0 atom stereocenters. The minimum atomic E-state index is 0. The number of ether oxygens (including phenoxy) is 4. The Bertz CT molecular complexity index is 782. The molecule has 13 N–H and O–H groups in total. The van der Waals surface area contributed by atoms with Crippen molar-refractivity contribution in [2.75, 3.05) is 228 Å². The predicted octanol–water partition coefficient (Wildman–Crippen LogP) is 8.50. The molecule has 0 unspecified atom stereocenters. The lowest BCUT2D eigenvalue weighted by atomic mass is 10.1. The SMILES string of the molecule is C.C.C.C.C1CCCNCC1.C1CCCNCCC1.C1CCNC1.C1CCNCC1.C1CCNCC1.C1CCNCC1.C1CCNCC1.C1CCOCCNC1.C1CNC1.C1CNCCNC1.C1COCCOCCOCCN1.C1CSCN1. The molecule has 0 aliphatic carbocycles. The first-order valence-electron chi connectivity index (χ1n) is 34.1. The van der Waals surface area contributed by atoms with Crippen LogP contribution in [0.15, 0.2) is 0 Å². The normalized spacial score (nSPS) is 22.9. The van der Waals surface area contributed by atoms with Crippen molar-refractivity contribution in [3.05, 3.63) is 0 Å². The first kappa shape index (κ1) is 90.1. The third kappa shape index (κ3) is 83.7. The molecule has 0 amide bonds. The van der Waals surface area contributed by atoms with Gasteiger partial charge in [-0.05, 0) is 240 Å². The Morgan fingerprint density at radius 3 is 0.619 bits per heavy atom. The summed E-state index contributed by atoms with van der Waals surface area (Å²) in [6, 6.07) is 0. The van der Waals surface area contributed by atoms with Gasteiger partial charge >= 0.3 is 0 Å². The maximum Gasteiger partial charge on any atom is 0.0701 e. The van der Waals surface area contributed by atoms with E-state index in [9.17, 15) is 0 Å². The van der Waals surface area contributed by atoms with E-state index >= 15 is 0 Å². The molecule has 12 aliphatic rings. The second-order valence-corrected chi connectivity index (χ2v) is 23.2. The molecule has 17 nitrogen and oxygen atoms in total. The molecule has 0 spiro atoms. The van der Waals surface area contributed by atoms with Crippen LogP contribution in [0, 0.1) is 0 Å². The standard InChI is InChI=1S/C8H17NO3.C7H15N.C6H13NO.C6H13N.C5H12N2.4C5H11N.C4H9N.C3H7NS.C3H7N.4CH4/c1-3-10-5-7-12-8-6-11-4-2-9-1;1-2-4-6-8-7-5-3-1;1-2-5-8-6-4-7-3-1;1-2-4-6-7-5-3-1;1-2-6-4-5-7-3-1;4*1-2-4-6-5-3-1;1-2-4-5-3-1;1-2-5-3-4-1;1-2-4-3-1;;;;/h9H,1-8H2;8H,1-7H2;7H,1-6H2;7H,1-6H2;6-7H,1-5H2;4*6H,1-5H2;5H,1-4H2;4H,1-3H2;4H,1-3H2;4*1H4. The van der Waals surface area contributed by atoms with Crippen LogP contribution in [0.4, 0.5) is 0 Å². The molecular weight excluding hydrogens is 1070 g/mol. The highest BCUT2D eigenvalue weighted by molar-refractivity contribution is 7.99. The Hall–Kier alpha value is -0.330. The average molecular weight is 1230 g/mol. The maximum atomic E-state index is 5.28. The molecule has 18 heteroatoms. The van der Waals surface area contributed by atoms with Crippen LogP contribution in [-0.4, -0.2) is 228 Å². The lowest BCUT2D eigenvalue weighted by molar-refractivity contribution is 0.0100. The van der Waals surface area contributed by atoms with E-state index in [0.717, 1.165) is 59.2 Å². The molecule has 12 aliphatic heterocycles. The van der Waals surface area contributed by atoms with Crippen molar-refractivity contribution in [3.8, 4) is 0 Å². The van der Waals surface area contributed by atoms with Gasteiger partial charge in [-0.25, -0.2) is 0 Å². The van der Waals surface area contributed by atoms with E-state index in [4.69, 9.17) is 18.9 Å². The Balaban J connectivity index is -0.000000417. The van der Waals surface area contributed by atoms with E-state index in [1.807, 2.05) is 11.8 Å². The van der Waals surface area contributed by atoms with Gasteiger partial charge in [0.1, 0.15) is 0 Å². The number of nitrogens with one attached hydrogen (secondary N) is 13. The first-order chi connectivity index (χ1) is 40.0. The van der Waals surface area contributed by atoms with Crippen LogP contribution in [0.1, 0.15) is 203 Å². The molecule has 12 saturated heterocycles. The summed E-state index contributed by atoms with van der Waals surface area (Å²) in [5.41, 5.74) is 0. The summed E-state index contributed by atoms with van der Waals surface area (Å²) in [4.78, 5) is 0. The number of hydrogen-bond acceptors (Lipinski definition) is 18. The van der Waals surface area contributed by atoms with Crippen molar-refractivity contribution in [3.63, 3.8) is 0 Å². The first-order valence-corrected chi connectivity index (χ1v) is 35.2. The van der Waals surface area contributed by atoms with E-state index in [1.165, 1.54) is 316 Å². The molecule has 0 bridgehead atoms. The van der Waals surface area contributed by atoms with E-state index in [2.05, 4.69) is 69.1 Å². The van der Waals surface area contributed by atoms with Gasteiger partial charge in [-0.15, -0.1) is 11.8 Å². The van der Waals surface area contributed by atoms with Crippen molar-refractivity contribution >= 4 is 11.8 Å². The van der Waals surface area contributed by atoms with E-state index in [0.29, 0.717) is 26.4 Å². The molecule has 0 saturated carbocycles. The van der Waals surface area contributed by atoms with Gasteiger partial charge in [-0.2, -0.15) is 0 Å². The van der Waals surface area contributed by atoms with E-state index < -0.39 is 0 Å². The molecule has 12 fully saturated rings. The largest absolute Gasteiger partial charge is 0.380 e. The van der Waals surface area contributed by atoms with Gasteiger partial charge in [0.05, 0.1) is 46.2 Å². The van der Waals surface area contributed by atoms with Crippen LogP contribution < -0.4 is 69.1 Å². The van der Waals surface area contributed by atoms with Gasteiger partial charge in [-0.3, -0.25) is 0 Å². The zero-order valence-corrected chi connectivity index (χ0v) is 53.2. The molecule has 0 aromatic carbocycles. The van der Waals surface area contributed by atoms with Gasteiger partial charge in [0, 0.05) is 57.5 Å². The summed E-state index contributed by atoms with van der Waals surface area (Å²) in [6.07, 6.45) is 37.6. The fourth-order valence-electron chi connectivity index (χ4n) is 9.05. The quantitative estimate of drug-likeness (QED) is 0.110. The number of piperidine rings is 4. The van der Waals surface area contributed by atoms with Crippen molar-refractivity contribution < 1.29 is 18.9 Å². The smallest absolute Gasteiger partial charge is 0.0701 e. The highest BCUT2D eigenvalue weighted by Crippen LogP contribution is 2.04. The summed E-state index contributed by atoms with van der Waals surface area (Å²) in [5, 5.41) is 42.4. The summed E-state index contributed by atoms with van der Waals surface area (Å²) in [7, 11) is 0. The average Bonchev–Trinajstić information content (AvgIpc) is 4.15. The van der Waals surface area contributed by atoms with Crippen LogP contribution in [0.3, 0.4) is 0 Å². The van der Waals surface area contributed by atoms with Gasteiger partial charge in [-0.1, -0.05) is 87.5 Å². The van der Waals surface area contributed by atoms with E-state index in [-0.39, 0.29) is 29.7 Å². The minimum absolute atomic E-state index is 0. The lowest BCUT2D eigenvalue weighted by Gasteiger charge is -2.10. The van der Waals surface area contributed by atoms with Gasteiger partial charge in [0.15, 0.2) is 0 Å². The zero-order valence-electron chi connectivity index (χ0n) is 52.4. The molecule has 512 valence electrons. The Morgan fingerprint density at radius 2 is 0.357 bits per heavy atom. The Kier molecular flexibility index (Phi) is 93.2. The number of hydrogen-bond donors (Lipinski definition) is 13. The Labute approximate surface area is 528 Å². The highest BCUT2D eigenvalue weighted by Gasteiger charge is 2.00. The van der Waals surface area contributed by atoms with Crippen LogP contribution in [0.5, 0.6) is 0 Å². The summed E-state index contributed by atoms with van der Waals surface area (Å²) in [5.74, 6) is 2.47. The monoisotopic (exact) mass is 1220 g/mol. The Morgan fingerprint density at radius 1 is 0.155 bits per heavy atom. The zero-order chi connectivity index (χ0) is 56.6. The van der Waals surface area contributed by atoms with Crippen LogP contribution in [-0.2, 0) is 18.9 Å². The lowest BCUT2D eigenvalue weighted by Crippen LogP contribution is -2.29. The predicted molar refractivity (Wildman–Crippen MR) is 375 cm³/mol. The fourth-order valence-corrected chi connectivity index (χ4v) is 9.77. The molecule has 12 heterocycles. The second-order valence-electron chi connectivity index (χ2n) is 22.0. The topological polar surface area (TPSA) is 193 Å². The van der Waals surface area contributed by atoms with Crippen molar-refractivity contribution in [2.45, 2.75) is 203 Å². The van der Waals surface area contributed by atoms with Gasteiger partial charge in [0.2, 0.25) is 0 Å². The van der Waals surface area contributed by atoms with Gasteiger partial charge < -0.3 is 88.1 Å². The summed E-state index contributed by atoms with van der Waals surface area (Å²) < 4.78 is 21.0. The van der Waals surface area contributed by atoms with Crippen LogP contribution in [0.2, 0.25) is 0 Å². The molecule has 84 heavy (non-hydrogen) atoms. The molecule has 0 radical (unpaired) electrons. The van der Waals surface area contributed by atoms with Crippen molar-refractivity contribution in [2.24, 2.45) is 0 Å². The van der Waals surface area contributed by atoms with Crippen LogP contribution >= 0.6 is 11.8 Å². The third-order valence-electron chi connectivity index (χ3n) is 14.4. The second kappa shape index (κ2) is 86.9. The molecule has 0 aromatic heterocycles. The van der Waals surface area contributed by atoms with Crippen molar-refractivity contribution in [1.29, 1.82) is 0 Å². The molecular formula is C66H153N13O4S. The maximum absolute atomic E-state index is 5.28.